The number of allylic oxidation sites excluding steroid dienone is 2. The van der Waals surface area contributed by atoms with E-state index in [1.807, 2.05) is 11.8 Å². The third-order valence-corrected chi connectivity index (χ3v) is 7.02. The number of sulfonamides is 1. The number of ketones is 1. The van der Waals surface area contributed by atoms with Crippen molar-refractivity contribution in [1.82, 2.24) is 4.90 Å². The number of carbonyl (C=O) groups excluding carboxylic acids is 1. The minimum atomic E-state index is -3.93. The molecule has 0 heterocycles. The lowest BCUT2D eigenvalue weighted by atomic mass is 9.91. The molecule has 0 unspecified atom stereocenters. The third kappa shape index (κ3) is 6.08. The molecule has 5 nitrogen and oxygen atoms in total. The molecule has 2 aromatic rings. The van der Waals surface area contributed by atoms with E-state index in [-0.39, 0.29) is 16.4 Å². The molecule has 1 aliphatic rings. The Morgan fingerprint density at radius 2 is 1.64 bits per heavy atom. The van der Waals surface area contributed by atoms with Gasteiger partial charge in [-0.25, -0.2) is 0 Å². The summed E-state index contributed by atoms with van der Waals surface area (Å²) in [4.78, 5) is 15.4. The van der Waals surface area contributed by atoms with Gasteiger partial charge in [-0.2, -0.15) is 12.8 Å². The number of carbonyl (C=O) groups is 1. The molecule has 174 valence electrons. The first-order chi connectivity index (χ1) is 15.9. The summed E-state index contributed by atoms with van der Waals surface area (Å²) in [6.45, 7) is 9.13. The number of unbranched alkanes of at least 4 members (excludes halogenated alkanes) is 4. The van der Waals surface area contributed by atoms with E-state index in [4.69, 9.17) is 0 Å². The van der Waals surface area contributed by atoms with Crippen molar-refractivity contribution in [2.75, 3.05) is 13.1 Å². The van der Waals surface area contributed by atoms with Gasteiger partial charge in [-0.15, -0.1) is 6.58 Å². The lowest BCUT2D eigenvalue weighted by Gasteiger charge is -2.28. The highest BCUT2D eigenvalue weighted by Crippen LogP contribution is 2.26. The highest BCUT2D eigenvalue weighted by Gasteiger charge is 2.28. The summed E-state index contributed by atoms with van der Waals surface area (Å²) in [5.41, 5.74) is 2.70. The van der Waals surface area contributed by atoms with Crippen molar-refractivity contribution in [3.05, 3.63) is 89.6 Å². The molecule has 0 spiro atoms. The van der Waals surface area contributed by atoms with Gasteiger partial charge < -0.3 is 4.90 Å². The number of Topliss-reactive ketones (excluding diaryl/α,β-unsaturated/α-hetero) is 1. The van der Waals surface area contributed by atoms with Crippen LogP contribution in [0.2, 0.25) is 0 Å². The number of benzene rings is 2. The van der Waals surface area contributed by atoms with Crippen molar-refractivity contribution in [3.8, 4) is 0 Å². The van der Waals surface area contributed by atoms with Crippen LogP contribution in [0.1, 0.15) is 60.5 Å². The van der Waals surface area contributed by atoms with Gasteiger partial charge in [-0.1, -0.05) is 80.6 Å². The minimum Gasteiger partial charge on any atom is -0.365 e. The average Bonchev–Trinajstić information content (AvgIpc) is 2.80. The molecule has 0 aromatic heterocycles. The Labute approximate surface area is 197 Å². The molecule has 0 aliphatic heterocycles. The molecule has 0 saturated heterocycles. The first kappa shape index (κ1) is 24.6. The van der Waals surface area contributed by atoms with E-state index in [1.54, 1.807) is 60.7 Å². The summed E-state index contributed by atoms with van der Waals surface area (Å²) in [6, 6.07) is 13.6. The van der Waals surface area contributed by atoms with E-state index in [0.717, 1.165) is 24.8 Å². The summed E-state index contributed by atoms with van der Waals surface area (Å²) in [7, 11) is -3.93. The van der Waals surface area contributed by atoms with Crippen LogP contribution in [0.3, 0.4) is 0 Å². The number of fused-ring (bicyclic) bond motifs is 1. The quantitative estimate of drug-likeness (QED) is 0.315. The van der Waals surface area contributed by atoms with E-state index in [0.29, 0.717) is 29.9 Å². The van der Waals surface area contributed by atoms with Gasteiger partial charge in [0.25, 0.3) is 10.0 Å². The Balaban J connectivity index is 2.00. The highest BCUT2D eigenvalue weighted by molar-refractivity contribution is 7.90. The second-order valence-electron chi connectivity index (χ2n) is 8.32. The predicted octanol–water partition coefficient (Wildman–Crippen LogP) is 5.71. The van der Waals surface area contributed by atoms with Crippen LogP contribution in [0.15, 0.2) is 82.3 Å². The normalized spacial score (nSPS) is 14.7. The smallest absolute Gasteiger partial charge is 0.282 e. The lowest BCUT2D eigenvalue weighted by molar-refractivity contribution is 0.0992. The zero-order valence-corrected chi connectivity index (χ0v) is 20.3. The van der Waals surface area contributed by atoms with Crippen LogP contribution in [0.4, 0.5) is 0 Å². The topological polar surface area (TPSA) is 66.8 Å². The van der Waals surface area contributed by atoms with Crippen LogP contribution in [-0.4, -0.2) is 37.9 Å². The van der Waals surface area contributed by atoms with Crippen LogP contribution in [0, 0.1) is 6.92 Å². The molecule has 3 rings (SSSR count). The molecule has 0 radical (unpaired) electrons. The van der Waals surface area contributed by atoms with Crippen LogP contribution in [-0.2, 0) is 10.0 Å². The van der Waals surface area contributed by atoms with E-state index < -0.39 is 10.0 Å². The van der Waals surface area contributed by atoms with Gasteiger partial charge in [-0.05, 0) is 31.6 Å². The molecule has 0 N–H and O–H groups in total. The Morgan fingerprint density at radius 3 is 2.30 bits per heavy atom. The van der Waals surface area contributed by atoms with Crippen molar-refractivity contribution in [1.29, 1.82) is 0 Å². The van der Waals surface area contributed by atoms with Gasteiger partial charge in [0.15, 0.2) is 0 Å². The van der Waals surface area contributed by atoms with Crippen molar-refractivity contribution in [2.45, 2.75) is 50.8 Å². The molecule has 6 heteroatoms. The molecular formula is C27H32N2O3S. The molecule has 33 heavy (non-hydrogen) atoms. The van der Waals surface area contributed by atoms with E-state index >= 15 is 0 Å². The average molecular weight is 465 g/mol. The van der Waals surface area contributed by atoms with Gasteiger partial charge in [0.1, 0.15) is 0 Å². The Morgan fingerprint density at radius 1 is 0.970 bits per heavy atom. The number of hydrogen-bond acceptors (Lipinski definition) is 4. The van der Waals surface area contributed by atoms with Crippen LogP contribution < -0.4 is 0 Å². The number of rotatable bonds is 11. The SMILES string of the molecule is C=CCN(CCCCCCC)C1=C/C(=N\S(=O)(=O)c2ccc(C)cc2)c2ccccc2C1=O. The Kier molecular flexibility index (Phi) is 8.39. The monoisotopic (exact) mass is 464 g/mol. The van der Waals surface area contributed by atoms with Gasteiger partial charge >= 0.3 is 0 Å². The zero-order valence-electron chi connectivity index (χ0n) is 19.5. The fourth-order valence-electron chi connectivity index (χ4n) is 3.89. The molecule has 0 atom stereocenters. The maximum atomic E-state index is 13.3. The summed E-state index contributed by atoms with van der Waals surface area (Å²) < 4.78 is 30.3. The number of nitrogens with zero attached hydrogens (tertiary/aromatic N) is 2. The number of hydrogen-bond donors (Lipinski definition) is 0. The van der Waals surface area contributed by atoms with E-state index in [9.17, 15) is 13.2 Å². The fourth-order valence-corrected chi connectivity index (χ4v) is 4.89. The van der Waals surface area contributed by atoms with Crippen LogP contribution in [0.5, 0.6) is 0 Å². The second-order valence-corrected chi connectivity index (χ2v) is 9.92. The minimum absolute atomic E-state index is 0.118. The Bertz CT molecular complexity index is 1160. The van der Waals surface area contributed by atoms with E-state index in [2.05, 4.69) is 17.9 Å². The first-order valence-electron chi connectivity index (χ1n) is 11.5. The van der Waals surface area contributed by atoms with Gasteiger partial charge in [0.05, 0.1) is 16.3 Å². The third-order valence-electron chi connectivity index (χ3n) is 5.71. The molecule has 2 aromatic carbocycles. The van der Waals surface area contributed by atoms with E-state index in [1.165, 1.54) is 12.8 Å². The molecule has 0 bridgehead atoms. The largest absolute Gasteiger partial charge is 0.365 e. The zero-order chi connectivity index (χ0) is 23.8. The predicted molar refractivity (Wildman–Crippen MR) is 134 cm³/mol. The standard InChI is InChI=1S/C27H32N2O3S/c1-4-6-7-8-11-19-29(18-5-2)26-20-25(23-12-9-10-13-24(23)27(26)30)28-33(31,32)22-16-14-21(3)15-17-22/h5,9-10,12-17,20H,2,4,6-8,11,18-19H2,1,3H3/b28-25+. The second kappa shape index (κ2) is 11.2. The summed E-state index contributed by atoms with van der Waals surface area (Å²) >= 11 is 0. The maximum absolute atomic E-state index is 13.3. The molecular weight excluding hydrogens is 432 g/mol. The van der Waals surface area contributed by atoms with Crippen molar-refractivity contribution in [2.24, 2.45) is 4.40 Å². The molecule has 0 saturated carbocycles. The van der Waals surface area contributed by atoms with Crippen molar-refractivity contribution in [3.63, 3.8) is 0 Å². The summed E-state index contributed by atoms with van der Waals surface area (Å²) in [6.07, 6.45) is 8.95. The van der Waals surface area contributed by atoms with Gasteiger partial charge in [-0.3, -0.25) is 4.79 Å². The fraction of sp³-hybridized carbons (Fsp3) is 0.333. The molecule has 0 amide bonds. The van der Waals surface area contributed by atoms with Gasteiger partial charge in [0.2, 0.25) is 5.78 Å². The maximum Gasteiger partial charge on any atom is 0.282 e. The lowest BCUT2D eigenvalue weighted by Crippen LogP contribution is -2.33. The molecule has 1 aliphatic carbocycles. The highest BCUT2D eigenvalue weighted by atomic mass is 32.2. The Hall–Kier alpha value is -2.99. The molecule has 0 fully saturated rings. The summed E-state index contributed by atoms with van der Waals surface area (Å²) in [5.74, 6) is -0.118. The van der Waals surface area contributed by atoms with Crippen LogP contribution >= 0.6 is 0 Å². The van der Waals surface area contributed by atoms with Crippen molar-refractivity contribution >= 4 is 21.5 Å². The van der Waals surface area contributed by atoms with Gasteiger partial charge in [0, 0.05) is 24.2 Å². The number of aryl methyl sites for hydroxylation is 1. The summed E-state index contributed by atoms with van der Waals surface area (Å²) in [5, 5.41) is 0. The van der Waals surface area contributed by atoms with Crippen LogP contribution in [0.25, 0.3) is 0 Å². The first-order valence-corrected chi connectivity index (χ1v) is 12.9. The van der Waals surface area contributed by atoms with Crippen molar-refractivity contribution < 1.29 is 13.2 Å².